The highest BCUT2D eigenvalue weighted by molar-refractivity contribution is 5.48. The summed E-state index contributed by atoms with van der Waals surface area (Å²) in [6, 6.07) is 51.3. The van der Waals surface area contributed by atoms with Crippen LogP contribution in [0.1, 0.15) is 103 Å². The first kappa shape index (κ1) is 53.5. The summed E-state index contributed by atoms with van der Waals surface area (Å²) in [6.07, 6.45) is -11.1. The van der Waals surface area contributed by atoms with E-state index in [4.69, 9.17) is 14.2 Å². The third kappa shape index (κ3) is 11.9. The van der Waals surface area contributed by atoms with Crippen LogP contribution in [0, 0.1) is 20.8 Å². The van der Waals surface area contributed by atoms with Crippen molar-refractivity contribution in [1.29, 1.82) is 0 Å². The molecule has 0 aliphatic rings. The van der Waals surface area contributed by atoms with Crippen molar-refractivity contribution in [2.45, 2.75) is 96.3 Å². The van der Waals surface area contributed by atoms with Gasteiger partial charge in [-0.1, -0.05) is 192 Å². The van der Waals surface area contributed by atoms with Gasteiger partial charge < -0.3 is 14.2 Å². The summed E-state index contributed by atoms with van der Waals surface area (Å²) in [6.45, 7) is 19.5. The molecule has 0 N–H and O–H groups in total. The lowest BCUT2D eigenvalue weighted by Crippen LogP contribution is -2.54. The summed E-state index contributed by atoms with van der Waals surface area (Å²) >= 11 is 0. The molecule has 0 unspecified atom stereocenters. The number of alkyl halides is 6. The summed E-state index contributed by atoms with van der Waals surface area (Å²) in [7, 11) is 4.67. The van der Waals surface area contributed by atoms with E-state index in [2.05, 4.69) is 152 Å². The Morgan fingerprint density at radius 1 is 0.290 bits per heavy atom. The monoisotopic (exact) mass is 946 g/mol. The lowest BCUT2D eigenvalue weighted by molar-refractivity contribution is -0.288. The van der Waals surface area contributed by atoms with E-state index in [1.54, 1.807) is 21.1 Å². The van der Waals surface area contributed by atoms with Gasteiger partial charge in [0.2, 0.25) is 5.41 Å². The molecule has 0 heterocycles. The summed E-state index contributed by atoms with van der Waals surface area (Å²) < 4.78 is 98.0. The maximum atomic E-state index is 13.8. The number of hydrogen-bond donors (Lipinski definition) is 0. The zero-order valence-corrected chi connectivity index (χ0v) is 41.7. The molecule has 0 aromatic heterocycles. The average molecular weight is 947 g/mol. The van der Waals surface area contributed by atoms with Gasteiger partial charge in [-0.3, -0.25) is 0 Å². The molecule has 0 saturated carbocycles. The van der Waals surface area contributed by atoms with Crippen LogP contribution in [-0.2, 0) is 21.7 Å². The summed E-state index contributed by atoms with van der Waals surface area (Å²) in [5, 5.41) is 0. The summed E-state index contributed by atoms with van der Waals surface area (Å²) in [5.74, 6) is 1.96. The number of ether oxygens (including phenoxy) is 3. The van der Waals surface area contributed by atoms with E-state index in [-0.39, 0.29) is 22.0 Å². The SMILES string of the molecule is COc1ccc(C(C)(C)c2ccc(C)cc2)cc1.COc1ccc(C(C)(C)c2cccc(C(C)(C)c3ccc(C)cc3)c2)cc1.COc1ccc(C(c2ccc(C)cc2)(C(F)(F)F)C(F)(F)F)cc1. The molecule has 0 saturated heterocycles. The van der Waals surface area contributed by atoms with E-state index in [9.17, 15) is 26.3 Å². The molecule has 7 rings (SSSR count). The second-order valence-electron chi connectivity index (χ2n) is 19.0. The fourth-order valence-corrected chi connectivity index (χ4v) is 8.38. The van der Waals surface area contributed by atoms with Gasteiger partial charge >= 0.3 is 12.4 Å². The molecular weight excluding hydrogens is 883 g/mol. The van der Waals surface area contributed by atoms with Gasteiger partial charge in [0.05, 0.1) is 21.3 Å². The van der Waals surface area contributed by atoms with Crippen LogP contribution >= 0.6 is 0 Å². The minimum atomic E-state index is -5.57. The number of benzene rings is 7. The molecule has 0 fully saturated rings. The van der Waals surface area contributed by atoms with Crippen molar-refractivity contribution in [3.63, 3.8) is 0 Å². The van der Waals surface area contributed by atoms with Crippen LogP contribution < -0.4 is 14.2 Å². The van der Waals surface area contributed by atoms with Crippen LogP contribution in [0.15, 0.2) is 170 Å². The maximum absolute atomic E-state index is 13.8. The van der Waals surface area contributed by atoms with Crippen molar-refractivity contribution in [1.82, 2.24) is 0 Å². The Morgan fingerprint density at radius 3 is 0.754 bits per heavy atom. The molecule has 0 aliphatic heterocycles. The molecule has 0 aliphatic carbocycles. The highest BCUT2D eigenvalue weighted by atomic mass is 19.4. The van der Waals surface area contributed by atoms with Gasteiger partial charge in [-0.15, -0.1) is 0 Å². The molecular formula is C60H64F6O3. The zero-order chi connectivity index (χ0) is 51.0. The van der Waals surface area contributed by atoms with E-state index in [1.165, 1.54) is 63.8 Å². The molecule has 69 heavy (non-hydrogen) atoms. The van der Waals surface area contributed by atoms with Gasteiger partial charge in [0.25, 0.3) is 0 Å². The molecule has 7 aromatic rings. The topological polar surface area (TPSA) is 27.7 Å². The highest BCUT2D eigenvalue weighted by Gasteiger charge is 2.72. The van der Waals surface area contributed by atoms with Gasteiger partial charge in [-0.05, 0) is 102 Å². The van der Waals surface area contributed by atoms with E-state index < -0.39 is 28.9 Å². The van der Waals surface area contributed by atoms with Crippen LogP contribution in [0.5, 0.6) is 17.2 Å². The quantitative estimate of drug-likeness (QED) is 0.121. The van der Waals surface area contributed by atoms with E-state index in [1.807, 2.05) is 24.3 Å². The van der Waals surface area contributed by atoms with Gasteiger partial charge in [-0.2, -0.15) is 26.3 Å². The molecule has 0 atom stereocenters. The third-order valence-corrected chi connectivity index (χ3v) is 13.3. The maximum Gasteiger partial charge on any atom is 0.411 e. The summed E-state index contributed by atoms with van der Waals surface area (Å²) in [4.78, 5) is 0. The second kappa shape index (κ2) is 21.4. The van der Waals surface area contributed by atoms with Crippen molar-refractivity contribution >= 4 is 0 Å². The van der Waals surface area contributed by atoms with Gasteiger partial charge in [0.15, 0.2) is 0 Å². The van der Waals surface area contributed by atoms with Crippen molar-refractivity contribution < 1.29 is 40.6 Å². The Balaban J connectivity index is 0.000000197. The van der Waals surface area contributed by atoms with Crippen LogP contribution in [0.4, 0.5) is 26.3 Å². The Bertz CT molecular complexity index is 2680. The highest BCUT2D eigenvalue weighted by Crippen LogP contribution is 2.56. The van der Waals surface area contributed by atoms with Gasteiger partial charge in [0.1, 0.15) is 17.2 Å². The largest absolute Gasteiger partial charge is 0.497 e. The van der Waals surface area contributed by atoms with Gasteiger partial charge in [0, 0.05) is 16.2 Å². The molecule has 364 valence electrons. The van der Waals surface area contributed by atoms with Crippen LogP contribution in [0.25, 0.3) is 0 Å². The fraction of sp³-hybridized carbons (Fsp3) is 0.300. The number of rotatable bonds is 11. The Hall–Kier alpha value is -6.48. The third-order valence-electron chi connectivity index (χ3n) is 13.3. The standard InChI is InChI=1S/C26H30O.C17H14F6O.C17H20O/c1-19-10-12-20(13-11-19)25(2,3)22-8-7-9-23(18-22)26(4,5)21-14-16-24(27-6)17-15-21;1-11-3-5-12(6-4-11)15(16(18,19)20,17(21,22)23)13-7-9-14(24-2)10-8-13;1-13-5-7-14(8-6-13)17(2,3)15-9-11-16(18-4)12-10-15/h7-18H,1-6H3;3-10H,1-2H3;5-12H,1-4H3. The molecule has 9 heteroatoms. The van der Waals surface area contributed by atoms with Crippen LogP contribution in [0.2, 0.25) is 0 Å². The number of halogens is 6. The zero-order valence-electron chi connectivity index (χ0n) is 41.7. The van der Waals surface area contributed by atoms with Gasteiger partial charge in [-0.25, -0.2) is 0 Å². The van der Waals surface area contributed by atoms with Crippen molar-refractivity contribution in [2.75, 3.05) is 21.3 Å². The second-order valence-corrected chi connectivity index (χ2v) is 19.0. The smallest absolute Gasteiger partial charge is 0.411 e. The predicted molar refractivity (Wildman–Crippen MR) is 268 cm³/mol. The first-order valence-corrected chi connectivity index (χ1v) is 22.7. The minimum Gasteiger partial charge on any atom is -0.497 e. The Kier molecular flexibility index (Phi) is 16.6. The number of hydrogen-bond acceptors (Lipinski definition) is 3. The first-order valence-electron chi connectivity index (χ1n) is 22.7. The molecule has 0 amide bonds. The summed E-state index contributed by atoms with van der Waals surface area (Å²) in [5.41, 5.74) is 5.07. The minimum absolute atomic E-state index is 0.0139. The fourth-order valence-electron chi connectivity index (χ4n) is 8.38. The lowest BCUT2D eigenvalue weighted by atomic mass is 9.72. The van der Waals surface area contributed by atoms with E-state index in [0.717, 1.165) is 47.9 Å². The molecule has 7 aromatic carbocycles. The molecule has 0 spiro atoms. The Morgan fingerprint density at radius 2 is 0.507 bits per heavy atom. The van der Waals surface area contributed by atoms with Crippen molar-refractivity contribution in [2.24, 2.45) is 0 Å². The van der Waals surface area contributed by atoms with E-state index in [0.29, 0.717) is 5.56 Å². The molecule has 3 nitrogen and oxygen atoms in total. The predicted octanol–water partition coefficient (Wildman–Crippen LogP) is 16.4. The normalized spacial score (nSPS) is 12.2. The number of aryl methyl sites for hydroxylation is 3. The van der Waals surface area contributed by atoms with Crippen LogP contribution in [-0.4, -0.2) is 33.7 Å². The average Bonchev–Trinajstić information content (AvgIpc) is 3.32. The van der Waals surface area contributed by atoms with E-state index >= 15 is 0 Å². The van der Waals surface area contributed by atoms with Crippen molar-refractivity contribution in [3.05, 3.63) is 231 Å². The molecule has 0 bridgehead atoms. The Labute approximate surface area is 405 Å². The van der Waals surface area contributed by atoms with Crippen molar-refractivity contribution in [3.8, 4) is 17.2 Å². The number of methoxy groups -OCH3 is 3. The van der Waals surface area contributed by atoms with Crippen LogP contribution in [0.3, 0.4) is 0 Å². The lowest BCUT2D eigenvalue weighted by Gasteiger charge is -2.38. The first-order chi connectivity index (χ1) is 32.3. The molecule has 0 radical (unpaired) electrons.